The molecule has 2 rings (SSSR count). The van der Waals surface area contributed by atoms with Crippen LogP contribution in [0.3, 0.4) is 0 Å². The minimum Gasteiger partial charge on any atom is -0.507 e. The van der Waals surface area contributed by atoms with E-state index in [0.717, 1.165) is 6.07 Å². The molecule has 1 amide bonds. The molecule has 0 aliphatic heterocycles. The Morgan fingerprint density at radius 2 is 1.57 bits per heavy atom. The summed E-state index contributed by atoms with van der Waals surface area (Å²) in [5.74, 6) is -1.20. The molecule has 4 N–H and O–H groups in total. The van der Waals surface area contributed by atoms with Crippen LogP contribution in [0.15, 0.2) is 36.4 Å². The zero-order valence-electron chi connectivity index (χ0n) is 15.8. The number of rotatable bonds is 9. The van der Waals surface area contributed by atoms with Crippen LogP contribution in [0.1, 0.15) is 29.3 Å². The summed E-state index contributed by atoms with van der Waals surface area (Å²) in [6, 6.07) is 10.1. The van der Waals surface area contributed by atoms with Crippen molar-refractivity contribution in [3.8, 4) is 22.6 Å². The van der Waals surface area contributed by atoms with Crippen LogP contribution in [0.4, 0.5) is 0 Å². The summed E-state index contributed by atoms with van der Waals surface area (Å²) in [5.41, 5.74) is 1.51. The number of amides is 1. The Hall–Kier alpha value is -2.90. The van der Waals surface area contributed by atoms with Crippen LogP contribution in [0.2, 0.25) is 0 Å². The normalized spacial score (nSPS) is 10.7. The van der Waals surface area contributed by atoms with Gasteiger partial charge in [-0.15, -0.1) is 0 Å². The molecule has 2 aromatic rings. The van der Waals surface area contributed by atoms with Crippen molar-refractivity contribution in [3.05, 3.63) is 47.5 Å². The number of aliphatic hydroxyl groups is 2. The smallest absolute Gasteiger partial charge is 0.223 e. The standard InChI is InChI=1S/C21H25NO6/c1-14(25)20-16(7-8-19(28)22(9-11-23)10-12-24)21(18(27)13-17(20)26)15-5-3-2-4-6-15/h2-6,13,23-24,26-27H,7-12H2,1H3. The molecule has 28 heavy (non-hydrogen) atoms. The zero-order valence-corrected chi connectivity index (χ0v) is 15.8. The molecule has 2 aromatic carbocycles. The number of hydrogen-bond donors (Lipinski definition) is 4. The van der Waals surface area contributed by atoms with E-state index in [2.05, 4.69) is 0 Å². The molecule has 0 aromatic heterocycles. The molecule has 0 radical (unpaired) electrons. The van der Waals surface area contributed by atoms with Crippen LogP contribution < -0.4 is 0 Å². The van der Waals surface area contributed by atoms with Crippen LogP contribution in [-0.4, -0.2) is 63.3 Å². The molecule has 0 fully saturated rings. The van der Waals surface area contributed by atoms with Gasteiger partial charge < -0.3 is 25.3 Å². The predicted octanol–water partition coefficient (Wildman–Crippen LogP) is 1.71. The van der Waals surface area contributed by atoms with Crippen LogP contribution in [-0.2, 0) is 11.2 Å². The molecule has 0 aliphatic carbocycles. The van der Waals surface area contributed by atoms with Gasteiger partial charge in [0.25, 0.3) is 0 Å². The Kier molecular flexibility index (Phi) is 7.54. The van der Waals surface area contributed by atoms with Crippen LogP contribution in [0.5, 0.6) is 11.5 Å². The maximum absolute atomic E-state index is 12.5. The van der Waals surface area contributed by atoms with Crippen molar-refractivity contribution >= 4 is 11.7 Å². The number of phenolic OH excluding ortho intramolecular Hbond substituents is 2. The van der Waals surface area contributed by atoms with Gasteiger partial charge in [-0.25, -0.2) is 0 Å². The molecule has 0 bridgehead atoms. The number of nitrogens with zero attached hydrogens (tertiary/aromatic N) is 1. The Bertz CT molecular complexity index is 829. The topological polar surface area (TPSA) is 118 Å². The van der Waals surface area contributed by atoms with Crippen LogP contribution >= 0.6 is 0 Å². The summed E-state index contributed by atoms with van der Waals surface area (Å²) in [6.45, 7) is 1.04. The molecule has 0 spiro atoms. The summed E-state index contributed by atoms with van der Waals surface area (Å²) in [4.78, 5) is 26.0. The first-order valence-electron chi connectivity index (χ1n) is 9.04. The lowest BCUT2D eigenvalue weighted by Crippen LogP contribution is -2.36. The Morgan fingerprint density at radius 1 is 0.964 bits per heavy atom. The first-order chi connectivity index (χ1) is 13.4. The fraction of sp³-hybridized carbons (Fsp3) is 0.333. The summed E-state index contributed by atoms with van der Waals surface area (Å²) >= 11 is 0. The molecule has 0 saturated carbocycles. The highest BCUT2D eigenvalue weighted by Crippen LogP contribution is 2.40. The summed E-state index contributed by atoms with van der Waals surface area (Å²) < 4.78 is 0. The van der Waals surface area contributed by atoms with E-state index in [0.29, 0.717) is 16.7 Å². The molecule has 0 unspecified atom stereocenters. The lowest BCUT2D eigenvalue weighted by molar-refractivity contribution is -0.132. The maximum Gasteiger partial charge on any atom is 0.223 e. The lowest BCUT2D eigenvalue weighted by Gasteiger charge is -2.22. The highest BCUT2D eigenvalue weighted by molar-refractivity contribution is 6.01. The fourth-order valence-electron chi connectivity index (χ4n) is 3.27. The summed E-state index contributed by atoms with van der Waals surface area (Å²) in [6.07, 6.45) is 0.0935. The van der Waals surface area contributed by atoms with Gasteiger partial charge in [-0.3, -0.25) is 9.59 Å². The first-order valence-corrected chi connectivity index (χ1v) is 9.04. The molecular weight excluding hydrogens is 362 g/mol. The van der Waals surface area contributed by atoms with Gasteiger partial charge in [-0.2, -0.15) is 0 Å². The second kappa shape index (κ2) is 9.87. The van der Waals surface area contributed by atoms with Gasteiger partial charge in [0.1, 0.15) is 11.5 Å². The van der Waals surface area contributed by atoms with Crippen molar-refractivity contribution in [2.75, 3.05) is 26.3 Å². The third-order valence-electron chi connectivity index (χ3n) is 4.49. The molecule has 7 nitrogen and oxygen atoms in total. The Morgan fingerprint density at radius 3 is 2.11 bits per heavy atom. The van der Waals surface area contributed by atoms with E-state index in [1.807, 2.05) is 6.07 Å². The Balaban J connectivity index is 2.46. The number of aliphatic hydroxyl groups excluding tert-OH is 2. The number of Topliss-reactive ketones (excluding diaryl/α,β-unsaturated/α-hetero) is 1. The first kappa shape index (κ1) is 21.4. The maximum atomic E-state index is 12.5. The van der Waals surface area contributed by atoms with Crippen LogP contribution in [0.25, 0.3) is 11.1 Å². The van der Waals surface area contributed by atoms with E-state index >= 15 is 0 Å². The average molecular weight is 387 g/mol. The molecule has 0 saturated heterocycles. The van der Waals surface area contributed by atoms with E-state index in [1.54, 1.807) is 24.3 Å². The van der Waals surface area contributed by atoms with Gasteiger partial charge in [-0.05, 0) is 24.5 Å². The number of ketones is 1. The van der Waals surface area contributed by atoms with E-state index in [4.69, 9.17) is 10.2 Å². The monoisotopic (exact) mass is 387 g/mol. The van der Waals surface area contributed by atoms with Crippen molar-refractivity contribution in [1.29, 1.82) is 0 Å². The lowest BCUT2D eigenvalue weighted by atomic mass is 9.89. The summed E-state index contributed by atoms with van der Waals surface area (Å²) in [5, 5.41) is 38.8. The number of hydrogen-bond acceptors (Lipinski definition) is 6. The van der Waals surface area contributed by atoms with Crippen molar-refractivity contribution in [2.24, 2.45) is 0 Å². The molecule has 7 heteroatoms. The number of aromatic hydroxyl groups is 2. The number of carbonyl (C=O) groups is 2. The van der Waals surface area contributed by atoms with Gasteiger partial charge in [0.15, 0.2) is 5.78 Å². The quantitative estimate of drug-likeness (QED) is 0.487. The Labute approximate surface area is 163 Å². The van der Waals surface area contributed by atoms with E-state index in [1.165, 1.54) is 11.8 Å². The van der Waals surface area contributed by atoms with Crippen molar-refractivity contribution in [1.82, 2.24) is 4.90 Å². The molecule has 150 valence electrons. The highest BCUT2D eigenvalue weighted by atomic mass is 16.3. The molecular formula is C21H25NO6. The SMILES string of the molecule is CC(=O)c1c(O)cc(O)c(-c2ccccc2)c1CCC(=O)N(CCO)CCO. The van der Waals surface area contributed by atoms with Crippen molar-refractivity contribution in [2.45, 2.75) is 19.8 Å². The van der Waals surface area contributed by atoms with Gasteiger partial charge in [0.05, 0.1) is 18.8 Å². The molecule has 0 heterocycles. The number of benzene rings is 2. The van der Waals surface area contributed by atoms with E-state index in [-0.39, 0.29) is 67.9 Å². The van der Waals surface area contributed by atoms with Gasteiger partial charge in [0.2, 0.25) is 5.91 Å². The van der Waals surface area contributed by atoms with Gasteiger partial charge in [0, 0.05) is 31.1 Å². The highest BCUT2D eigenvalue weighted by Gasteiger charge is 2.23. The van der Waals surface area contributed by atoms with Gasteiger partial charge in [-0.1, -0.05) is 30.3 Å². The number of phenols is 2. The third-order valence-corrected chi connectivity index (χ3v) is 4.49. The largest absolute Gasteiger partial charge is 0.507 e. The zero-order chi connectivity index (χ0) is 20.7. The van der Waals surface area contributed by atoms with E-state index in [9.17, 15) is 19.8 Å². The minimum absolute atomic E-state index is 0.0109. The third kappa shape index (κ3) is 4.88. The molecule has 0 aliphatic rings. The average Bonchev–Trinajstić information content (AvgIpc) is 2.65. The molecule has 0 atom stereocenters. The predicted molar refractivity (Wildman–Crippen MR) is 104 cm³/mol. The second-order valence-electron chi connectivity index (χ2n) is 6.39. The number of carbonyl (C=O) groups excluding carboxylic acids is 2. The van der Waals surface area contributed by atoms with Crippen molar-refractivity contribution < 1.29 is 30.0 Å². The second-order valence-corrected chi connectivity index (χ2v) is 6.39. The fourth-order valence-corrected chi connectivity index (χ4v) is 3.27. The van der Waals surface area contributed by atoms with Gasteiger partial charge >= 0.3 is 0 Å². The van der Waals surface area contributed by atoms with E-state index < -0.39 is 0 Å². The minimum atomic E-state index is -0.375. The van der Waals surface area contributed by atoms with Crippen molar-refractivity contribution in [3.63, 3.8) is 0 Å². The van der Waals surface area contributed by atoms with Crippen LogP contribution in [0, 0.1) is 0 Å². The summed E-state index contributed by atoms with van der Waals surface area (Å²) in [7, 11) is 0.